The Morgan fingerprint density at radius 1 is 1.00 bits per heavy atom. The lowest BCUT2D eigenvalue weighted by Gasteiger charge is -2.07. The third-order valence-corrected chi connectivity index (χ3v) is 3.09. The fraction of sp³-hybridized carbons (Fsp3) is 0.0714. The molecule has 2 rings (SSSR count). The highest BCUT2D eigenvalue weighted by Crippen LogP contribution is 2.23. The number of carbonyl (C=O) groups is 1. The number of amides is 2. The second kappa shape index (κ2) is 6.70. The highest BCUT2D eigenvalue weighted by atomic mass is 32.2. The molecule has 98 valence electrons. The summed E-state index contributed by atoms with van der Waals surface area (Å²) in [7, 11) is 1.58. The molecule has 2 N–H and O–H groups in total. The second-order valence-electron chi connectivity index (χ2n) is 3.67. The van der Waals surface area contributed by atoms with Gasteiger partial charge < -0.3 is 10.1 Å². The average molecular weight is 274 g/mol. The van der Waals surface area contributed by atoms with Crippen LogP contribution in [0.5, 0.6) is 11.5 Å². The first kappa shape index (κ1) is 13.3. The lowest BCUT2D eigenvalue weighted by atomic mass is 10.3. The van der Waals surface area contributed by atoms with Gasteiger partial charge in [0.05, 0.1) is 0 Å². The summed E-state index contributed by atoms with van der Waals surface area (Å²) in [6, 6.07) is 16.9. The van der Waals surface area contributed by atoms with Crippen LogP contribution in [0.1, 0.15) is 0 Å². The van der Waals surface area contributed by atoms with E-state index in [0.29, 0.717) is 0 Å². The van der Waals surface area contributed by atoms with Gasteiger partial charge in [0.15, 0.2) is 0 Å². The molecule has 0 fully saturated rings. The van der Waals surface area contributed by atoms with Gasteiger partial charge in [-0.05, 0) is 48.3 Å². The van der Waals surface area contributed by atoms with E-state index in [1.54, 1.807) is 7.05 Å². The third-order valence-electron chi connectivity index (χ3n) is 2.29. The second-order valence-corrected chi connectivity index (χ2v) is 4.55. The molecule has 0 aliphatic carbocycles. The maximum atomic E-state index is 11.0. The van der Waals surface area contributed by atoms with Crippen molar-refractivity contribution in [2.24, 2.45) is 0 Å². The Morgan fingerprint density at radius 3 is 2.26 bits per heavy atom. The first-order valence-electron chi connectivity index (χ1n) is 5.75. The van der Waals surface area contributed by atoms with Gasteiger partial charge in [-0.15, -0.1) is 0 Å². The van der Waals surface area contributed by atoms with E-state index < -0.39 is 0 Å². The van der Waals surface area contributed by atoms with Crippen molar-refractivity contribution in [2.75, 3.05) is 7.05 Å². The molecule has 2 amide bonds. The molecule has 0 aliphatic rings. The van der Waals surface area contributed by atoms with Crippen LogP contribution >= 0.6 is 11.9 Å². The van der Waals surface area contributed by atoms with Gasteiger partial charge in [-0.25, -0.2) is 4.79 Å². The molecule has 0 aliphatic heterocycles. The first-order valence-corrected chi connectivity index (χ1v) is 6.57. The van der Waals surface area contributed by atoms with E-state index in [2.05, 4.69) is 10.0 Å². The monoisotopic (exact) mass is 274 g/mol. The molecule has 2 aromatic carbocycles. The van der Waals surface area contributed by atoms with Crippen molar-refractivity contribution in [1.29, 1.82) is 0 Å². The quantitative estimate of drug-likeness (QED) is 0.840. The Morgan fingerprint density at radius 2 is 1.63 bits per heavy atom. The van der Waals surface area contributed by atoms with Gasteiger partial charge >= 0.3 is 6.03 Å². The van der Waals surface area contributed by atoms with E-state index in [0.717, 1.165) is 16.4 Å². The first-order chi connectivity index (χ1) is 9.28. The summed E-state index contributed by atoms with van der Waals surface area (Å²) in [5, 5.41) is 2.48. The molecular weight excluding hydrogens is 260 g/mol. The minimum absolute atomic E-state index is 0.227. The van der Waals surface area contributed by atoms with Gasteiger partial charge in [-0.3, -0.25) is 4.72 Å². The van der Waals surface area contributed by atoms with Crippen LogP contribution in [0.15, 0.2) is 59.5 Å². The summed E-state index contributed by atoms with van der Waals surface area (Å²) in [5.41, 5.74) is 0. The number of carbonyl (C=O) groups excluding carboxylic acids is 1. The van der Waals surface area contributed by atoms with Crippen molar-refractivity contribution in [3.63, 3.8) is 0 Å². The van der Waals surface area contributed by atoms with E-state index in [-0.39, 0.29) is 6.03 Å². The maximum absolute atomic E-state index is 11.0. The van der Waals surface area contributed by atoms with Gasteiger partial charge in [0.25, 0.3) is 0 Å². The number of para-hydroxylation sites is 1. The minimum Gasteiger partial charge on any atom is -0.457 e. The largest absolute Gasteiger partial charge is 0.457 e. The van der Waals surface area contributed by atoms with Crippen LogP contribution in [-0.2, 0) is 0 Å². The highest BCUT2D eigenvalue weighted by molar-refractivity contribution is 7.98. The van der Waals surface area contributed by atoms with Gasteiger partial charge in [-0.1, -0.05) is 18.2 Å². The van der Waals surface area contributed by atoms with Gasteiger partial charge in [-0.2, -0.15) is 0 Å². The van der Waals surface area contributed by atoms with Gasteiger partial charge in [0, 0.05) is 11.9 Å². The number of hydrogen-bond acceptors (Lipinski definition) is 3. The van der Waals surface area contributed by atoms with Crippen LogP contribution in [0.3, 0.4) is 0 Å². The number of ether oxygens (including phenoxy) is 1. The highest BCUT2D eigenvalue weighted by Gasteiger charge is 2.00. The maximum Gasteiger partial charge on any atom is 0.324 e. The van der Waals surface area contributed by atoms with Crippen LogP contribution in [0.4, 0.5) is 4.79 Å². The number of nitrogens with one attached hydrogen (secondary N) is 2. The molecule has 0 bridgehead atoms. The van der Waals surface area contributed by atoms with E-state index in [9.17, 15) is 4.79 Å². The molecule has 2 aromatic rings. The molecular formula is C14H14N2O2S. The molecule has 4 nitrogen and oxygen atoms in total. The molecule has 0 unspecified atom stereocenters. The van der Waals surface area contributed by atoms with Crippen molar-refractivity contribution in [3.8, 4) is 11.5 Å². The van der Waals surface area contributed by atoms with Crippen LogP contribution < -0.4 is 14.8 Å². The van der Waals surface area contributed by atoms with Crippen molar-refractivity contribution < 1.29 is 9.53 Å². The predicted molar refractivity (Wildman–Crippen MR) is 76.4 cm³/mol. The molecule has 0 aromatic heterocycles. The number of urea groups is 1. The molecule has 0 radical (unpaired) electrons. The van der Waals surface area contributed by atoms with Gasteiger partial charge in [0.2, 0.25) is 0 Å². The molecule has 0 heterocycles. The Bertz CT molecular complexity index is 529. The number of benzene rings is 2. The standard InChI is InChI=1S/C14H14N2O2S/c1-15-14(17)16-19-13-9-7-12(8-10-13)18-11-5-3-2-4-6-11/h2-10H,1H3,(H2,15,16,17). The summed E-state index contributed by atoms with van der Waals surface area (Å²) < 4.78 is 8.31. The van der Waals surface area contributed by atoms with Crippen LogP contribution in [-0.4, -0.2) is 13.1 Å². The zero-order valence-electron chi connectivity index (χ0n) is 10.4. The zero-order valence-corrected chi connectivity index (χ0v) is 11.2. The lowest BCUT2D eigenvalue weighted by molar-refractivity contribution is 0.248. The van der Waals surface area contributed by atoms with E-state index >= 15 is 0 Å². The van der Waals surface area contributed by atoms with Crippen molar-refractivity contribution in [2.45, 2.75) is 4.90 Å². The Balaban J connectivity index is 1.93. The third kappa shape index (κ3) is 4.22. The summed E-state index contributed by atoms with van der Waals surface area (Å²) in [5.74, 6) is 1.56. The molecule has 19 heavy (non-hydrogen) atoms. The summed E-state index contributed by atoms with van der Waals surface area (Å²) >= 11 is 1.25. The van der Waals surface area contributed by atoms with E-state index in [4.69, 9.17) is 4.74 Å². The van der Waals surface area contributed by atoms with E-state index in [1.807, 2.05) is 54.6 Å². The normalized spacial score (nSPS) is 9.74. The van der Waals surface area contributed by atoms with Crippen molar-refractivity contribution >= 4 is 18.0 Å². The number of rotatable bonds is 4. The molecule has 0 saturated carbocycles. The Hall–Kier alpha value is -2.14. The fourth-order valence-corrected chi connectivity index (χ4v) is 1.94. The van der Waals surface area contributed by atoms with Crippen molar-refractivity contribution in [3.05, 3.63) is 54.6 Å². The smallest absolute Gasteiger partial charge is 0.324 e. The van der Waals surface area contributed by atoms with Gasteiger partial charge in [0.1, 0.15) is 11.5 Å². The number of hydrogen-bond donors (Lipinski definition) is 2. The van der Waals surface area contributed by atoms with E-state index in [1.165, 1.54) is 11.9 Å². The Labute approximate surface area is 116 Å². The summed E-state index contributed by atoms with van der Waals surface area (Å²) in [4.78, 5) is 12.0. The molecule has 0 atom stereocenters. The van der Waals surface area contributed by atoms with Crippen molar-refractivity contribution in [1.82, 2.24) is 10.0 Å². The average Bonchev–Trinajstić information content (AvgIpc) is 2.47. The minimum atomic E-state index is -0.227. The molecule has 0 spiro atoms. The Kier molecular flexibility index (Phi) is 4.69. The van der Waals surface area contributed by atoms with Crippen LogP contribution in [0.2, 0.25) is 0 Å². The molecule has 5 heteroatoms. The van der Waals surface area contributed by atoms with Crippen LogP contribution in [0.25, 0.3) is 0 Å². The fourth-order valence-electron chi connectivity index (χ4n) is 1.36. The van der Waals surface area contributed by atoms with Crippen LogP contribution in [0, 0.1) is 0 Å². The summed E-state index contributed by atoms with van der Waals surface area (Å²) in [6.07, 6.45) is 0. The topological polar surface area (TPSA) is 50.4 Å². The zero-order chi connectivity index (χ0) is 13.5. The SMILES string of the molecule is CNC(=O)NSc1ccc(Oc2ccccc2)cc1. The summed E-state index contributed by atoms with van der Waals surface area (Å²) in [6.45, 7) is 0. The predicted octanol–water partition coefficient (Wildman–Crippen LogP) is 3.42. The lowest BCUT2D eigenvalue weighted by Crippen LogP contribution is -2.27. The molecule has 0 saturated heterocycles.